The third-order valence-electron chi connectivity index (χ3n) is 4.13. The Balaban J connectivity index is 1.39. The smallest absolute Gasteiger partial charge is 0.322 e. The number of hydrogen-bond donors (Lipinski definition) is 1. The number of anilines is 1. The van der Waals surface area contributed by atoms with Gasteiger partial charge in [-0.2, -0.15) is 0 Å². The van der Waals surface area contributed by atoms with Gasteiger partial charge in [0.05, 0.1) is 29.2 Å². The van der Waals surface area contributed by atoms with E-state index in [0.717, 1.165) is 4.90 Å². The number of carbonyl (C=O) groups excluding carboxylic acids is 3. The molecule has 8 nitrogen and oxygen atoms in total. The molecule has 4 rings (SSSR count). The minimum atomic E-state index is -0.592. The Morgan fingerprint density at radius 2 is 1.55 bits per heavy atom. The summed E-state index contributed by atoms with van der Waals surface area (Å²) in [6.07, 6.45) is 2.53. The minimum absolute atomic E-state index is 0.0325. The number of rotatable bonds is 5. The number of halogens is 1. The first kappa shape index (κ1) is 18.2. The predicted octanol–water partition coefficient (Wildman–Crippen LogP) is 2.64. The van der Waals surface area contributed by atoms with Gasteiger partial charge in [-0.15, -0.1) is 0 Å². The van der Waals surface area contributed by atoms with Crippen molar-refractivity contribution in [3.63, 3.8) is 0 Å². The molecule has 0 unspecified atom stereocenters. The minimum Gasteiger partial charge on any atom is -0.421 e. The lowest BCUT2D eigenvalue weighted by molar-refractivity contribution is -0.116. The zero-order valence-corrected chi connectivity index (χ0v) is 14.8. The van der Waals surface area contributed by atoms with Crippen LogP contribution in [-0.2, 0) is 4.79 Å². The number of fused-ring (bicyclic) bond motifs is 1. The molecule has 1 N–H and O–H groups in total. The number of carbonyl (C=O) groups is 3. The van der Waals surface area contributed by atoms with Crippen molar-refractivity contribution in [2.75, 3.05) is 11.9 Å². The maximum absolute atomic E-state index is 13.6. The summed E-state index contributed by atoms with van der Waals surface area (Å²) in [6.45, 7) is -0.445. The summed E-state index contributed by atoms with van der Waals surface area (Å²) in [5.41, 5.74) is 0.763. The van der Waals surface area contributed by atoms with Crippen molar-refractivity contribution >= 4 is 23.4 Å². The van der Waals surface area contributed by atoms with Crippen molar-refractivity contribution in [2.45, 2.75) is 0 Å². The number of nitrogens with one attached hydrogen (secondary N) is 1. The molecule has 0 atom stereocenters. The third-order valence-corrected chi connectivity index (χ3v) is 4.13. The van der Waals surface area contributed by atoms with E-state index >= 15 is 0 Å². The van der Waals surface area contributed by atoms with E-state index in [9.17, 15) is 18.8 Å². The van der Waals surface area contributed by atoms with Crippen molar-refractivity contribution in [1.29, 1.82) is 0 Å². The number of hydrogen-bond acceptors (Lipinski definition) is 6. The number of amides is 3. The van der Waals surface area contributed by atoms with Crippen LogP contribution in [0.25, 0.3) is 0 Å². The summed E-state index contributed by atoms with van der Waals surface area (Å²) in [7, 11) is 0. The lowest BCUT2D eigenvalue weighted by Crippen LogP contribution is -2.37. The fourth-order valence-electron chi connectivity index (χ4n) is 2.79. The quantitative estimate of drug-likeness (QED) is 0.670. The van der Waals surface area contributed by atoms with E-state index in [1.807, 2.05) is 0 Å². The Morgan fingerprint density at radius 1 is 0.966 bits per heavy atom. The molecule has 3 aromatic rings. The molecule has 2 aromatic carbocycles. The normalized spacial score (nSPS) is 12.7. The van der Waals surface area contributed by atoms with Gasteiger partial charge in [0.15, 0.2) is 11.6 Å². The molecule has 0 saturated heterocycles. The van der Waals surface area contributed by atoms with Crippen molar-refractivity contribution in [3.05, 3.63) is 77.9 Å². The van der Waals surface area contributed by atoms with E-state index in [4.69, 9.17) is 4.74 Å². The molecule has 29 heavy (non-hydrogen) atoms. The van der Waals surface area contributed by atoms with Gasteiger partial charge in [0.1, 0.15) is 6.54 Å². The molecule has 0 spiro atoms. The Bertz CT molecular complexity index is 1080. The van der Waals surface area contributed by atoms with Gasteiger partial charge < -0.3 is 10.1 Å². The highest BCUT2D eigenvalue weighted by molar-refractivity contribution is 6.22. The van der Waals surface area contributed by atoms with Crippen molar-refractivity contribution in [1.82, 2.24) is 14.9 Å². The number of benzene rings is 2. The molecule has 0 aliphatic carbocycles. The zero-order chi connectivity index (χ0) is 20.4. The summed E-state index contributed by atoms with van der Waals surface area (Å²) in [5, 5.41) is 2.50. The van der Waals surface area contributed by atoms with Gasteiger partial charge in [-0.1, -0.05) is 24.3 Å². The van der Waals surface area contributed by atoms with Crippen molar-refractivity contribution in [3.8, 4) is 11.8 Å². The molecule has 1 aromatic heterocycles. The summed E-state index contributed by atoms with van der Waals surface area (Å²) in [4.78, 5) is 45.5. The molecule has 0 saturated carbocycles. The number of ether oxygens (including phenoxy) is 1. The average Bonchev–Trinajstić information content (AvgIpc) is 2.96. The highest BCUT2D eigenvalue weighted by atomic mass is 19.1. The van der Waals surface area contributed by atoms with Gasteiger partial charge in [0.25, 0.3) is 11.8 Å². The van der Waals surface area contributed by atoms with Gasteiger partial charge in [-0.05, 0) is 24.3 Å². The fraction of sp³-hybridized carbons (Fsp3) is 0.0500. The molecule has 1 aliphatic rings. The second-order valence-electron chi connectivity index (χ2n) is 6.08. The van der Waals surface area contributed by atoms with Crippen LogP contribution in [0.1, 0.15) is 20.7 Å². The molecule has 3 amide bonds. The summed E-state index contributed by atoms with van der Waals surface area (Å²) in [6, 6.07) is 12.1. The van der Waals surface area contributed by atoms with E-state index in [1.165, 1.54) is 42.7 Å². The van der Waals surface area contributed by atoms with E-state index in [0.29, 0.717) is 0 Å². The first-order chi connectivity index (χ1) is 14.0. The van der Waals surface area contributed by atoms with E-state index in [-0.39, 0.29) is 28.6 Å². The van der Waals surface area contributed by atoms with Crippen LogP contribution >= 0.6 is 0 Å². The van der Waals surface area contributed by atoms with Gasteiger partial charge in [-0.25, -0.2) is 14.4 Å². The molecular formula is C20H13FN4O4. The van der Waals surface area contributed by atoms with Gasteiger partial charge in [0, 0.05) is 0 Å². The summed E-state index contributed by atoms with van der Waals surface area (Å²) >= 11 is 0. The largest absolute Gasteiger partial charge is 0.421 e. The van der Waals surface area contributed by atoms with Crippen LogP contribution in [0, 0.1) is 5.82 Å². The van der Waals surface area contributed by atoms with Crippen molar-refractivity contribution < 1.29 is 23.5 Å². The van der Waals surface area contributed by atoms with E-state index < -0.39 is 30.1 Å². The molecule has 0 radical (unpaired) electrons. The molecular weight excluding hydrogens is 379 g/mol. The molecule has 144 valence electrons. The number of imide groups is 1. The SMILES string of the molecule is O=C(CN1C(=O)c2ccccc2C1=O)Nc1cnc(Oc2ccccc2F)nc1. The van der Waals surface area contributed by atoms with Crippen LogP contribution in [0.3, 0.4) is 0 Å². The zero-order valence-electron chi connectivity index (χ0n) is 14.8. The van der Waals surface area contributed by atoms with Gasteiger partial charge >= 0.3 is 6.01 Å². The van der Waals surface area contributed by atoms with Crippen LogP contribution in [0.2, 0.25) is 0 Å². The third kappa shape index (κ3) is 3.65. The highest BCUT2D eigenvalue weighted by Crippen LogP contribution is 2.23. The second kappa shape index (κ2) is 7.47. The van der Waals surface area contributed by atoms with E-state index in [1.54, 1.807) is 18.2 Å². The van der Waals surface area contributed by atoms with Crippen LogP contribution in [0.4, 0.5) is 10.1 Å². The number of aromatic nitrogens is 2. The van der Waals surface area contributed by atoms with E-state index in [2.05, 4.69) is 15.3 Å². The lowest BCUT2D eigenvalue weighted by atomic mass is 10.1. The van der Waals surface area contributed by atoms with Gasteiger partial charge in [0.2, 0.25) is 5.91 Å². The first-order valence-corrected chi connectivity index (χ1v) is 8.52. The first-order valence-electron chi connectivity index (χ1n) is 8.52. The maximum atomic E-state index is 13.6. The summed E-state index contributed by atoms with van der Waals surface area (Å²) < 4.78 is 18.8. The summed E-state index contributed by atoms with van der Waals surface area (Å²) in [5.74, 6) is -2.23. The molecule has 0 fully saturated rings. The molecule has 9 heteroatoms. The van der Waals surface area contributed by atoms with Crippen molar-refractivity contribution in [2.24, 2.45) is 0 Å². The highest BCUT2D eigenvalue weighted by Gasteiger charge is 2.36. The average molecular weight is 392 g/mol. The molecule has 2 heterocycles. The standard InChI is InChI=1S/C20H13FN4O4/c21-15-7-3-4-8-16(15)29-20-22-9-12(10-23-20)24-17(26)11-25-18(27)13-5-1-2-6-14(13)19(25)28/h1-10H,11H2,(H,24,26). The lowest BCUT2D eigenvalue weighted by Gasteiger charge is -2.13. The van der Waals surface area contributed by atoms with Crippen LogP contribution in [0.5, 0.6) is 11.8 Å². The van der Waals surface area contributed by atoms with Crippen LogP contribution < -0.4 is 10.1 Å². The predicted molar refractivity (Wildman–Crippen MR) is 98.9 cm³/mol. The van der Waals surface area contributed by atoms with Gasteiger partial charge in [-0.3, -0.25) is 19.3 Å². The Morgan fingerprint density at radius 3 is 2.17 bits per heavy atom. The maximum Gasteiger partial charge on any atom is 0.322 e. The Labute approximate surface area is 164 Å². The fourth-order valence-corrected chi connectivity index (χ4v) is 2.79. The Hall–Kier alpha value is -4.14. The number of nitrogens with zero attached hydrogens (tertiary/aromatic N) is 3. The van der Waals surface area contributed by atoms with Crippen LogP contribution in [-0.4, -0.2) is 39.1 Å². The molecule has 1 aliphatic heterocycles. The number of para-hydroxylation sites is 1. The monoisotopic (exact) mass is 392 g/mol. The second-order valence-corrected chi connectivity index (χ2v) is 6.08. The molecule has 0 bridgehead atoms. The Kier molecular flexibility index (Phi) is 4.70. The van der Waals surface area contributed by atoms with Crippen LogP contribution in [0.15, 0.2) is 60.9 Å². The topological polar surface area (TPSA) is 101 Å².